The Bertz CT molecular complexity index is 93.6. The predicted molar refractivity (Wildman–Crippen MR) is 48.3 cm³/mol. The van der Waals surface area contributed by atoms with Crippen molar-refractivity contribution in [2.75, 3.05) is 0 Å². The van der Waals surface area contributed by atoms with Crippen LogP contribution < -0.4 is 5.73 Å². The van der Waals surface area contributed by atoms with Crippen molar-refractivity contribution in [3.8, 4) is 0 Å². The maximum atomic E-state index is 9.41. The molecule has 0 saturated carbocycles. The Labute approximate surface area is 69.8 Å². The minimum atomic E-state index is -0.152. The highest BCUT2D eigenvalue weighted by molar-refractivity contribution is 4.67. The molecule has 0 aromatic carbocycles. The second-order valence-corrected chi connectivity index (χ2v) is 3.51. The van der Waals surface area contributed by atoms with Crippen LogP contribution in [0.3, 0.4) is 0 Å². The molecule has 2 nitrogen and oxygen atoms in total. The maximum absolute atomic E-state index is 9.41. The summed E-state index contributed by atoms with van der Waals surface area (Å²) in [4.78, 5) is 0. The normalized spacial score (nSPS) is 19.4. The van der Waals surface area contributed by atoms with Crippen molar-refractivity contribution >= 4 is 0 Å². The average molecular weight is 159 g/mol. The van der Waals surface area contributed by atoms with Crippen LogP contribution in [-0.2, 0) is 0 Å². The van der Waals surface area contributed by atoms with Crippen LogP contribution in [0.5, 0.6) is 0 Å². The predicted octanol–water partition coefficient (Wildman–Crippen LogP) is 1.52. The van der Waals surface area contributed by atoms with E-state index in [0.29, 0.717) is 5.92 Å². The lowest BCUT2D eigenvalue weighted by molar-refractivity contribution is 0.130. The van der Waals surface area contributed by atoms with E-state index in [4.69, 9.17) is 5.73 Å². The van der Waals surface area contributed by atoms with Crippen molar-refractivity contribution in [3.63, 3.8) is 0 Å². The van der Waals surface area contributed by atoms with Crippen molar-refractivity contribution in [1.29, 1.82) is 0 Å². The van der Waals surface area contributed by atoms with Crippen molar-refractivity contribution in [3.05, 3.63) is 0 Å². The van der Waals surface area contributed by atoms with Gasteiger partial charge in [-0.2, -0.15) is 0 Å². The summed E-state index contributed by atoms with van der Waals surface area (Å²) in [7, 11) is 0. The van der Waals surface area contributed by atoms with Gasteiger partial charge in [0.1, 0.15) is 0 Å². The largest absolute Gasteiger partial charge is 0.393 e. The number of aliphatic hydroxyl groups excluding tert-OH is 1. The Kier molecular flexibility index (Phi) is 5.51. The molecular weight excluding hydrogens is 138 g/mol. The van der Waals surface area contributed by atoms with Crippen LogP contribution in [0, 0.1) is 5.92 Å². The molecule has 0 heterocycles. The fourth-order valence-corrected chi connectivity index (χ4v) is 1.09. The zero-order valence-electron chi connectivity index (χ0n) is 7.88. The van der Waals surface area contributed by atoms with Crippen LogP contribution in [0.2, 0.25) is 0 Å². The fraction of sp³-hybridized carbons (Fsp3) is 1.00. The SMILES string of the molecule is CCCC(O)CC(C)C(C)N. The van der Waals surface area contributed by atoms with Gasteiger partial charge in [0, 0.05) is 6.04 Å². The minimum absolute atomic E-state index is 0.152. The third-order valence-corrected chi connectivity index (χ3v) is 2.16. The van der Waals surface area contributed by atoms with Gasteiger partial charge in [0.05, 0.1) is 6.10 Å². The zero-order valence-corrected chi connectivity index (χ0v) is 7.88. The molecule has 0 fully saturated rings. The van der Waals surface area contributed by atoms with E-state index in [1.54, 1.807) is 0 Å². The highest BCUT2D eigenvalue weighted by Crippen LogP contribution is 2.12. The van der Waals surface area contributed by atoms with Crippen LogP contribution in [0.4, 0.5) is 0 Å². The first-order chi connectivity index (χ1) is 5.07. The lowest BCUT2D eigenvalue weighted by atomic mass is 9.95. The van der Waals surface area contributed by atoms with Crippen molar-refractivity contribution in [1.82, 2.24) is 0 Å². The number of hydrogen-bond donors (Lipinski definition) is 2. The molecule has 0 aliphatic heterocycles. The Balaban J connectivity index is 3.48. The lowest BCUT2D eigenvalue weighted by Crippen LogP contribution is -2.27. The molecule has 0 spiro atoms. The van der Waals surface area contributed by atoms with Crippen LogP contribution in [0.25, 0.3) is 0 Å². The summed E-state index contributed by atoms with van der Waals surface area (Å²) in [5.74, 6) is 0.427. The van der Waals surface area contributed by atoms with E-state index in [2.05, 4.69) is 13.8 Å². The molecule has 3 unspecified atom stereocenters. The third-order valence-electron chi connectivity index (χ3n) is 2.16. The molecule has 0 radical (unpaired) electrons. The van der Waals surface area contributed by atoms with Gasteiger partial charge in [-0.05, 0) is 25.7 Å². The van der Waals surface area contributed by atoms with E-state index < -0.39 is 0 Å². The molecule has 11 heavy (non-hydrogen) atoms. The molecule has 0 aromatic rings. The molecule has 3 N–H and O–H groups in total. The zero-order chi connectivity index (χ0) is 8.85. The number of aliphatic hydroxyl groups is 1. The highest BCUT2D eigenvalue weighted by Gasteiger charge is 2.12. The first-order valence-electron chi connectivity index (χ1n) is 4.51. The van der Waals surface area contributed by atoms with E-state index in [1.807, 2.05) is 6.92 Å². The molecule has 0 aromatic heterocycles. The van der Waals surface area contributed by atoms with Gasteiger partial charge in [-0.25, -0.2) is 0 Å². The molecule has 3 atom stereocenters. The van der Waals surface area contributed by atoms with Crippen molar-refractivity contribution in [2.24, 2.45) is 11.7 Å². The quantitative estimate of drug-likeness (QED) is 0.639. The van der Waals surface area contributed by atoms with E-state index in [0.717, 1.165) is 19.3 Å². The number of hydrogen-bond acceptors (Lipinski definition) is 2. The van der Waals surface area contributed by atoms with Gasteiger partial charge < -0.3 is 10.8 Å². The summed E-state index contributed by atoms with van der Waals surface area (Å²) in [6.45, 7) is 6.16. The Morgan fingerprint density at radius 1 is 1.36 bits per heavy atom. The van der Waals surface area contributed by atoms with Gasteiger partial charge in [0.25, 0.3) is 0 Å². The molecule has 0 saturated heterocycles. The summed E-state index contributed by atoms with van der Waals surface area (Å²) in [5, 5.41) is 9.41. The summed E-state index contributed by atoms with van der Waals surface area (Å²) in [5.41, 5.74) is 5.67. The molecule has 0 aliphatic rings. The van der Waals surface area contributed by atoms with Gasteiger partial charge in [-0.3, -0.25) is 0 Å². The van der Waals surface area contributed by atoms with Gasteiger partial charge in [0.15, 0.2) is 0 Å². The summed E-state index contributed by atoms with van der Waals surface area (Å²) in [6, 6.07) is 0.196. The van der Waals surface area contributed by atoms with Gasteiger partial charge in [0.2, 0.25) is 0 Å². The van der Waals surface area contributed by atoms with E-state index in [1.165, 1.54) is 0 Å². The monoisotopic (exact) mass is 159 g/mol. The first kappa shape index (κ1) is 10.9. The fourth-order valence-electron chi connectivity index (χ4n) is 1.09. The maximum Gasteiger partial charge on any atom is 0.0543 e. The van der Waals surface area contributed by atoms with Gasteiger partial charge in [-0.15, -0.1) is 0 Å². The molecule has 0 bridgehead atoms. The second-order valence-electron chi connectivity index (χ2n) is 3.51. The van der Waals surface area contributed by atoms with Crippen molar-refractivity contribution < 1.29 is 5.11 Å². The standard InChI is InChI=1S/C9H21NO/c1-4-5-9(11)6-7(2)8(3)10/h7-9,11H,4-6,10H2,1-3H3. The van der Waals surface area contributed by atoms with E-state index >= 15 is 0 Å². The van der Waals surface area contributed by atoms with Crippen molar-refractivity contribution in [2.45, 2.75) is 52.2 Å². The molecule has 0 aliphatic carbocycles. The smallest absolute Gasteiger partial charge is 0.0543 e. The lowest BCUT2D eigenvalue weighted by Gasteiger charge is -2.18. The topological polar surface area (TPSA) is 46.2 Å². The molecule has 0 rings (SSSR count). The van der Waals surface area contributed by atoms with E-state index in [9.17, 15) is 5.11 Å². The van der Waals surface area contributed by atoms with Crippen LogP contribution in [0.15, 0.2) is 0 Å². The van der Waals surface area contributed by atoms with Crippen LogP contribution in [0.1, 0.15) is 40.0 Å². The Hall–Kier alpha value is -0.0800. The van der Waals surface area contributed by atoms with Gasteiger partial charge >= 0.3 is 0 Å². The molecule has 2 heteroatoms. The van der Waals surface area contributed by atoms with E-state index in [-0.39, 0.29) is 12.1 Å². The third kappa shape index (κ3) is 5.22. The molecule has 0 amide bonds. The Morgan fingerprint density at radius 3 is 2.27 bits per heavy atom. The number of rotatable bonds is 5. The minimum Gasteiger partial charge on any atom is -0.393 e. The molecular formula is C9H21NO. The first-order valence-corrected chi connectivity index (χ1v) is 4.51. The molecule has 68 valence electrons. The summed E-state index contributed by atoms with van der Waals surface area (Å²) >= 11 is 0. The Morgan fingerprint density at radius 2 is 1.91 bits per heavy atom. The van der Waals surface area contributed by atoms with Crippen LogP contribution >= 0.6 is 0 Å². The summed E-state index contributed by atoms with van der Waals surface area (Å²) in [6.07, 6.45) is 2.64. The number of nitrogens with two attached hydrogens (primary N) is 1. The second kappa shape index (κ2) is 5.56. The highest BCUT2D eigenvalue weighted by atomic mass is 16.3. The van der Waals surface area contributed by atoms with Crippen LogP contribution in [-0.4, -0.2) is 17.3 Å². The van der Waals surface area contributed by atoms with Gasteiger partial charge in [-0.1, -0.05) is 20.3 Å². The summed E-state index contributed by atoms with van der Waals surface area (Å²) < 4.78 is 0. The average Bonchev–Trinajstić information content (AvgIpc) is 1.87.